The Morgan fingerprint density at radius 3 is 1.86 bits per heavy atom. The molecule has 0 bridgehead atoms. The van der Waals surface area contributed by atoms with Gasteiger partial charge in [0.25, 0.3) is 0 Å². The largest absolute Gasteiger partial charge is 0.480 e. The van der Waals surface area contributed by atoms with Gasteiger partial charge in [-0.25, -0.2) is 4.79 Å². The zero-order valence-electron chi connectivity index (χ0n) is 17.3. The second-order valence-electron chi connectivity index (χ2n) is 6.80. The molecule has 2 amide bonds. The SMILES string of the molecule is CCCCCCCCCCCCOCCCOC(=O)CNC(=O)NCC(=O)O. The molecule has 0 heterocycles. The van der Waals surface area contributed by atoms with E-state index >= 15 is 0 Å². The highest BCUT2D eigenvalue weighted by molar-refractivity contribution is 5.83. The first kappa shape index (κ1) is 26.2. The highest BCUT2D eigenvalue weighted by atomic mass is 16.5. The van der Waals surface area contributed by atoms with E-state index in [2.05, 4.69) is 17.6 Å². The minimum Gasteiger partial charge on any atom is -0.480 e. The Kier molecular flexibility index (Phi) is 18.6. The van der Waals surface area contributed by atoms with Crippen LogP contribution in [-0.2, 0) is 19.1 Å². The lowest BCUT2D eigenvalue weighted by molar-refractivity contribution is -0.142. The van der Waals surface area contributed by atoms with Crippen molar-refractivity contribution in [3.8, 4) is 0 Å². The van der Waals surface area contributed by atoms with Crippen LogP contribution in [0.5, 0.6) is 0 Å². The predicted molar refractivity (Wildman–Crippen MR) is 107 cm³/mol. The number of carboxylic acid groups (broad SMARTS) is 1. The van der Waals surface area contributed by atoms with Gasteiger partial charge in [-0.3, -0.25) is 9.59 Å². The van der Waals surface area contributed by atoms with Crippen molar-refractivity contribution in [3.63, 3.8) is 0 Å². The summed E-state index contributed by atoms with van der Waals surface area (Å²) >= 11 is 0. The quantitative estimate of drug-likeness (QED) is 0.226. The van der Waals surface area contributed by atoms with Gasteiger partial charge in [0.15, 0.2) is 0 Å². The van der Waals surface area contributed by atoms with E-state index in [4.69, 9.17) is 14.6 Å². The van der Waals surface area contributed by atoms with Gasteiger partial charge in [0.1, 0.15) is 13.1 Å². The Labute approximate surface area is 168 Å². The van der Waals surface area contributed by atoms with Gasteiger partial charge in [0.2, 0.25) is 0 Å². The van der Waals surface area contributed by atoms with E-state index in [0.29, 0.717) is 13.0 Å². The molecule has 0 aliphatic carbocycles. The first-order valence-corrected chi connectivity index (χ1v) is 10.5. The van der Waals surface area contributed by atoms with Crippen LogP contribution in [0.4, 0.5) is 4.79 Å². The molecule has 0 aliphatic rings. The molecule has 8 nitrogen and oxygen atoms in total. The first-order chi connectivity index (χ1) is 13.6. The molecule has 0 fully saturated rings. The summed E-state index contributed by atoms with van der Waals surface area (Å²) in [6, 6.07) is -0.723. The number of ether oxygens (including phenoxy) is 2. The molecule has 28 heavy (non-hydrogen) atoms. The predicted octanol–water partition coefficient (Wildman–Crippen LogP) is 3.24. The molecule has 0 aromatic rings. The summed E-state index contributed by atoms with van der Waals surface area (Å²) < 4.78 is 10.5. The van der Waals surface area contributed by atoms with Crippen LogP contribution in [0.2, 0.25) is 0 Å². The lowest BCUT2D eigenvalue weighted by Gasteiger charge is -2.07. The van der Waals surface area contributed by atoms with E-state index in [9.17, 15) is 14.4 Å². The maximum atomic E-state index is 11.4. The van der Waals surface area contributed by atoms with Gasteiger partial charge in [-0.15, -0.1) is 0 Å². The Balaban J connectivity index is 3.25. The van der Waals surface area contributed by atoms with Crippen LogP contribution in [0.15, 0.2) is 0 Å². The summed E-state index contributed by atoms with van der Waals surface area (Å²) in [5.41, 5.74) is 0. The number of nitrogens with one attached hydrogen (secondary N) is 2. The summed E-state index contributed by atoms with van der Waals surface area (Å²) in [5, 5.41) is 12.7. The highest BCUT2D eigenvalue weighted by Gasteiger charge is 2.07. The maximum Gasteiger partial charge on any atom is 0.325 e. The number of unbranched alkanes of at least 4 members (excludes halogenated alkanes) is 9. The number of carboxylic acids is 1. The van der Waals surface area contributed by atoms with Gasteiger partial charge < -0.3 is 25.2 Å². The second kappa shape index (κ2) is 19.9. The molecule has 0 unspecified atom stereocenters. The molecule has 0 aromatic heterocycles. The topological polar surface area (TPSA) is 114 Å². The Hall–Kier alpha value is -1.83. The summed E-state index contributed by atoms with van der Waals surface area (Å²) in [6.45, 7) is 2.94. The fraction of sp³-hybridized carbons (Fsp3) is 0.850. The Morgan fingerprint density at radius 1 is 0.714 bits per heavy atom. The van der Waals surface area contributed by atoms with Crippen molar-refractivity contribution in [1.82, 2.24) is 10.6 Å². The van der Waals surface area contributed by atoms with Crippen LogP contribution in [0.1, 0.15) is 77.6 Å². The number of urea groups is 1. The smallest absolute Gasteiger partial charge is 0.325 e. The minimum absolute atomic E-state index is 0.231. The zero-order valence-corrected chi connectivity index (χ0v) is 17.3. The van der Waals surface area contributed by atoms with Gasteiger partial charge in [-0.2, -0.15) is 0 Å². The van der Waals surface area contributed by atoms with E-state index in [1.165, 1.54) is 57.8 Å². The lowest BCUT2D eigenvalue weighted by Crippen LogP contribution is -2.41. The van der Waals surface area contributed by atoms with Crippen molar-refractivity contribution >= 4 is 18.0 Å². The van der Waals surface area contributed by atoms with Crippen LogP contribution in [0, 0.1) is 0 Å². The molecular formula is C20H38N2O6. The fourth-order valence-corrected chi connectivity index (χ4v) is 2.56. The molecule has 0 saturated heterocycles. The van der Waals surface area contributed by atoms with Crippen molar-refractivity contribution in [1.29, 1.82) is 0 Å². The number of esters is 1. The zero-order chi connectivity index (χ0) is 20.9. The average molecular weight is 403 g/mol. The number of hydrogen-bond donors (Lipinski definition) is 3. The summed E-state index contributed by atoms with van der Waals surface area (Å²) in [6.07, 6.45) is 13.5. The van der Waals surface area contributed by atoms with E-state index < -0.39 is 24.5 Å². The van der Waals surface area contributed by atoms with Crippen LogP contribution >= 0.6 is 0 Å². The second-order valence-corrected chi connectivity index (χ2v) is 6.80. The van der Waals surface area contributed by atoms with Gasteiger partial charge in [0, 0.05) is 19.6 Å². The maximum absolute atomic E-state index is 11.4. The normalized spacial score (nSPS) is 10.5. The van der Waals surface area contributed by atoms with E-state index in [0.717, 1.165) is 13.0 Å². The van der Waals surface area contributed by atoms with Gasteiger partial charge in [0.05, 0.1) is 6.61 Å². The molecule has 0 radical (unpaired) electrons. The lowest BCUT2D eigenvalue weighted by atomic mass is 10.1. The monoisotopic (exact) mass is 402 g/mol. The van der Waals surface area contributed by atoms with Crippen molar-refractivity contribution in [2.24, 2.45) is 0 Å². The van der Waals surface area contributed by atoms with Crippen molar-refractivity contribution in [2.45, 2.75) is 77.6 Å². The molecule has 164 valence electrons. The van der Waals surface area contributed by atoms with Gasteiger partial charge in [-0.05, 0) is 6.42 Å². The van der Waals surface area contributed by atoms with Crippen molar-refractivity contribution in [2.75, 3.05) is 32.9 Å². The van der Waals surface area contributed by atoms with E-state index in [1.54, 1.807) is 0 Å². The third-order valence-electron chi connectivity index (χ3n) is 4.13. The Bertz CT molecular complexity index is 418. The first-order valence-electron chi connectivity index (χ1n) is 10.5. The number of rotatable bonds is 19. The Morgan fingerprint density at radius 2 is 1.25 bits per heavy atom. The number of hydrogen-bond acceptors (Lipinski definition) is 5. The molecular weight excluding hydrogens is 364 g/mol. The third-order valence-corrected chi connectivity index (χ3v) is 4.13. The molecule has 0 rings (SSSR count). The van der Waals surface area contributed by atoms with Crippen molar-refractivity contribution in [3.05, 3.63) is 0 Å². The molecule has 0 saturated carbocycles. The number of carbonyl (C=O) groups excluding carboxylic acids is 2. The number of amides is 2. The summed E-state index contributed by atoms with van der Waals surface area (Å²) in [7, 11) is 0. The van der Waals surface area contributed by atoms with Crippen LogP contribution in [0.3, 0.4) is 0 Å². The third kappa shape index (κ3) is 20.5. The van der Waals surface area contributed by atoms with E-state index in [-0.39, 0.29) is 13.2 Å². The minimum atomic E-state index is -1.16. The fourth-order valence-electron chi connectivity index (χ4n) is 2.56. The summed E-state index contributed by atoms with van der Waals surface area (Å²) in [4.78, 5) is 32.8. The number of aliphatic carboxylic acids is 1. The molecule has 0 aromatic carbocycles. The van der Waals surface area contributed by atoms with Crippen LogP contribution in [-0.4, -0.2) is 56.0 Å². The standard InChI is InChI=1S/C20H38N2O6/c1-2-3-4-5-6-7-8-9-10-11-13-27-14-12-15-28-19(25)17-22-20(26)21-16-18(23)24/h2-17H2,1H3,(H,23,24)(H2,21,22,26). The molecule has 8 heteroatoms. The molecule has 0 aliphatic heterocycles. The van der Waals surface area contributed by atoms with Crippen molar-refractivity contribution < 1.29 is 29.0 Å². The average Bonchev–Trinajstić information content (AvgIpc) is 2.67. The molecule has 0 spiro atoms. The summed E-state index contributed by atoms with van der Waals surface area (Å²) in [5.74, 6) is -1.73. The molecule has 3 N–H and O–H groups in total. The van der Waals surface area contributed by atoms with Gasteiger partial charge in [-0.1, -0.05) is 64.7 Å². The van der Waals surface area contributed by atoms with Gasteiger partial charge >= 0.3 is 18.0 Å². The molecule has 0 atom stereocenters. The highest BCUT2D eigenvalue weighted by Crippen LogP contribution is 2.10. The number of carbonyl (C=O) groups is 3. The van der Waals surface area contributed by atoms with Crippen LogP contribution in [0.25, 0.3) is 0 Å². The van der Waals surface area contributed by atoms with Crippen LogP contribution < -0.4 is 10.6 Å². The van der Waals surface area contributed by atoms with E-state index in [1.807, 2.05) is 0 Å².